The second kappa shape index (κ2) is 15.7. The first kappa shape index (κ1) is 37.3. The zero-order chi connectivity index (χ0) is 37.3. The van der Waals surface area contributed by atoms with Crippen LogP contribution in [0, 0.1) is 17.8 Å². The van der Waals surface area contributed by atoms with E-state index in [2.05, 4.69) is 44.0 Å². The zero-order valence-electron chi connectivity index (χ0n) is 31.7. The number of anilines is 1. The molecule has 4 atom stereocenters. The van der Waals surface area contributed by atoms with Gasteiger partial charge in [0.2, 0.25) is 5.91 Å². The first-order valence-electron chi connectivity index (χ1n) is 19.8. The summed E-state index contributed by atoms with van der Waals surface area (Å²) in [5.74, 6) is 0.427. The van der Waals surface area contributed by atoms with Crippen molar-refractivity contribution in [2.75, 3.05) is 18.0 Å². The summed E-state index contributed by atoms with van der Waals surface area (Å²) in [6.45, 7) is 10.5. The van der Waals surface area contributed by atoms with Gasteiger partial charge in [-0.2, -0.15) is 0 Å². The second-order valence-electron chi connectivity index (χ2n) is 16.8. The summed E-state index contributed by atoms with van der Waals surface area (Å²) in [6, 6.07) is 10.4. The molecule has 10 heteroatoms. The third kappa shape index (κ3) is 8.22. The van der Waals surface area contributed by atoms with Gasteiger partial charge in [-0.15, -0.1) is 11.3 Å². The van der Waals surface area contributed by atoms with Gasteiger partial charge in [0, 0.05) is 42.0 Å². The van der Waals surface area contributed by atoms with Crippen molar-refractivity contribution < 1.29 is 19.5 Å². The number of hydrogen-bond donors (Lipinski definition) is 2. The third-order valence-electron chi connectivity index (χ3n) is 12.2. The highest BCUT2D eigenvalue weighted by Crippen LogP contribution is 2.42. The Hall–Kier alpha value is -4.05. The van der Waals surface area contributed by atoms with Crippen LogP contribution >= 0.6 is 11.3 Å². The van der Waals surface area contributed by atoms with Crippen molar-refractivity contribution in [2.45, 2.75) is 122 Å². The van der Waals surface area contributed by atoms with Crippen LogP contribution in [0.3, 0.4) is 0 Å². The van der Waals surface area contributed by atoms with Crippen molar-refractivity contribution in [1.29, 1.82) is 0 Å². The van der Waals surface area contributed by atoms with Crippen LogP contribution in [0.1, 0.15) is 112 Å². The number of carbonyl (C=O) groups is 3. The molecule has 5 heterocycles. The summed E-state index contributed by atoms with van der Waals surface area (Å²) in [7, 11) is 0. The molecule has 2 bridgehead atoms. The van der Waals surface area contributed by atoms with Crippen LogP contribution in [-0.2, 0) is 21.4 Å². The molecule has 1 aliphatic carbocycles. The highest BCUT2D eigenvalue weighted by Gasteiger charge is 2.52. The molecular formula is C43H55N5O4S. The van der Waals surface area contributed by atoms with Crippen molar-refractivity contribution in [3.8, 4) is 11.4 Å². The summed E-state index contributed by atoms with van der Waals surface area (Å²) in [4.78, 5) is 55.0. The minimum Gasteiger partial charge on any atom is -0.481 e. The number of carbonyl (C=O) groups excluding carboxylic acids is 2. The van der Waals surface area contributed by atoms with Gasteiger partial charge in [-0.25, -0.2) is 9.97 Å². The van der Waals surface area contributed by atoms with Crippen LogP contribution in [-0.4, -0.2) is 69.0 Å². The molecule has 0 radical (unpaired) electrons. The molecule has 53 heavy (non-hydrogen) atoms. The molecule has 7 rings (SSSR count). The quantitative estimate of drug-likeness (QED) is 0.191. The molecule has 4 aliphatic rings. The summed E-state index contributed by atoms with van der Waals surface area (Å²) >= 11 is 1.44. The Balaban J connectivity index is 1.01. The molecule has 2 aromatic heterocycles. The van der Waals surface area contributed by atoms with Crippen molar-refractivity contribution in [3.63, 3.8) is 0 Å². The van der Waals surface area contributed by atoms with Gasteiger partial charge < -0.3 is 20.2 Å². The van der Waals surface area contributed by atoms with Crippen molar-refractivity contribution in [1.82, 2.24) is 20.2 Å². The van der Waals surface area contributed by atoms with Gasteiger partial charge in [-0.1, -0.05) is 76.5 Å². The molecule has 2 amide bonds. The number of amides is 2. The Morgan fingerprint density at radius 3 is 2.32 bits per heavy atom. The SMILES string of the molecule is CCCC1CCC(C2=CCN(c3cnc(-c4ccc(C[C@H](NC(=O)c5ccc(C(C)(C)C)s5)C(=O)N5C6CCC5[C@@H](C(=O)O)C6)cc4)nc3)CC2)CC1. The second-order valence-corrected chi connectivity index (χ2v) is 17.9. The van der Waals surface area contributed by atoms with E-state index in [4.69, 9.17) is 9.97 Å². The largest absolute Gasteiger partial charge is 0.481 e. The molecule has 3 aromatic rings. The highest BCUT2D eigenvalue weighted by molar-refractivity contribution is 7.14. The first-order chi connectivity index (χ1) is 25.5. The van der Waals surface area contributed by atoms with E-state index in [1.807, 2.05) is 48.8 Å². The molecule has 3 aliphatic heterocycles. The maximum absolute atomic E-state index is 14.2. The van der Waals surface area contributed by atoms with Gasteiger partial charge in [0.25, 0.3) is 5.91 Å². The molecule has 282 valence electrons. The lowest BCUT2D eigenvalue weighted by atomic mass is 9.76. The fraction of sp³-hybridized carbons (Fsp3) is 0.558. The lowest BCUT2D eigenvalue weighted by Crippen LogP contribution is -2.51. The summed E-state index contributed by atoms with van der Waals surface area (Å²) in [5, 5.41) is 12.9. The lowest BCUT2D eigenvalue weighted by Gasteiger charge is -2.34. The molecular weight excluding hydrogens is 683 g/mol. The number of benzene rings is 1. The van der Waals surface area contributed by atoms with Crippen molar-refractivity contribution in [2.24, 2.45) is 17.8 Å². The molecule has 2 unspecified atom stereocenters. The number of aromatic nitrogens is 2. The van der Waals surface area contributed by atoms with E-state index in [-0.39, 0.29) is 29.3 Å². The van der Waals surface area contributed by atoms with Gasteiger partial charge in [0.15, 0.2) is 5.82 Å². The van der Waals surface area contributed by atoms with Gasteiger partial charge in [0.1, 0.15) is 6.04 Å². The van der Waals surface area contributed by atoms with E-state index in [9.17, 15) is 19.5 Å². The first-order valence-corrected chi connectivity index (χ1v) is 20.6. The van der Waals surface area contributed by atoms with E-state index in [1.54, 1.807) is 10.5 Å². The Morgan fingerprint density at radius 2 is 1.72 bits per heavy atom. The normalized spacial score (nSPS) is 24.9. The standard InChI is InChI=1S/C43H55N5O4S/c1-5-6-27-7-11-29(12-8-27)30-19-21-47(22-20-30)33-25-44-39(45-26-33)31-13-9-28(10-14-31)23-35(46-40(49)37-17-18-38(53-37)43(2,3)4)41(50)48-32-15-16-36(48)34(24-32)42(51)52/h9-10,13-14,17-19,25-27,29,32,34-36H,5-8,11-12,15-16,20-24H2,1-4H3,(H,46,49)(H,51,52)/t27?,29?,32?,34-,35-,36?/m0/s1. The van der Waals surface area contributed by atoms with Crippen molar-refractivity contribution in [3.05, 3.63) is 75.8 Å². The van der Waals surface area contributed by atoms with E-state index < -0.39 is 17.9 Å². The average Bonchev–Trinajstić information content (AvgIpc) is 3.92. The summed E-state index contributed by atoms with van der Waals surface area (Å²) < 4.78 is 0. The van der Waals surface area contributed by atoms with Crippen LogP contribution in [0.5, 0.6) is 0 Å². The summed E-state index contributed by atoms with van der Waals surface area (Å²) in [6.07, 6.45) is 17.8. The number of hydrogen-bond acceptors (Lipinski definition) is 7. The number of carboxylic acids is 1. The van der Waals surface area contributed by atoms with Gasteiger partial charge >= 0.3 is 5.97 Å². The number of aliphatic carboxylic acids is 1. The highest BCUT2D eigenvalue weighted by atomic mass is 32.1. The van der Waals surface area contributed by atoms with E-state index in [0.717, 1.165) is 59.5 Å². The topological polar surface area (TPSA) is 116 Å². The van der Waals surface area contributed by atoms with Crippen LogP contribution in [0.15, 0.2) is 60.4 Å². The molecule has 1 aromatic carbocycles. The number of nitrogens with zero attached hydrogens (tertiary/aromatic N) is 4. The predicted molar refractivity (Wildman–Crippen MR) is 210 cm³/mol. The maximum atomic E-state index is 14.2. The molecule has 2 N–H and O–H groups in total. The fourth-order valence-electron chi connectivity index (χ4n) is 9.25. The van der Waals surface area contributed by atoms with Gasteiger partial charge in [0.05, 0.1) is 28.9 Å². The minimum atomic E-state index is -0.855. The van der Waals surface area contributed by atoms with E-state index in [0.29, 0.717) is 30.0 Å². The molecule has 9 nitrogen and oxygen atoms in total. The van der Waals surface area contributed by atoms with E-state index >= 15 is 0 Å². The predicted octanol–water partition coefficient (Wildman–Crippen LogP) is 8.05. The molecule has 3 fully saturated rings. The maximum Gasteiger partial charge on any atom is 0.308 e. The average molecular weight is 738 g/mol. The Labute approximate surface area is 318 Å². The van der Waals surface area contributed by atoms with E-state index in [1.165, 1.54) is 49.9 Å². The van der Waals surface area contributed by atoms with Crippen LogP contribution in [0.25, 0.3) is 11.4 Å². The number of thiophene rings is 1. The number of nitrogens with one attached hydrogen (secondary N) is 1. The smallest absolute Gasteiger partial charge is 0.308 e. The van der Waals surface area contributed by atoms with Crippen molar-refractivity contribution >= 4 is 34.8 Å². The fourth-order valence-corrected chi connectivity index (χ4v) is 10.2. The van der Waals surface area contributed by atoms with Gasteiger partial charge in [-0.05, 0) is 86.3 Å². The Morgan fingerprint density at radius 1 is 0.981 bits per heavy atom. The minimum absolute atomic E-state index is 0.0909. The lowest BCUT2D eigenvalue weighted by molar-refractivity contribution is -0.143. The van der Waals surface area contributed by atoms with Crippen LogP contribution < -0.4 is 10.2 Å². The van der Waals surface area contributed by atoms with Crippen LogP contribution in [0.2, 0.25) is 0 Å². The Bertz CT molecular complexity index is 1800. The van der Waals surface area contributed by atoms with Gasteiger partial charge in [-0.3, -0.25) is 14.4 Å². The Kier molecular flexibility index (Phi) is 11.1. The molecule has 1 saturated carbocycles. The number of fused-ring (bicyclic) bond motifs is 2. The monoisotopic (exact) mass is 737 g/mol. The summed E-state index contributed by atoms with van der Waals surface area (Å²) in [5.41, 5.74) is 4.36. The van der Waals surface area contributed by atoms with Crippen LogP contribution in [0.4, 0.5) is 5.69 Å². The third-order valence-corrected chi connectivity index (χ3v) is 13.8. The number of rotatable bonds is 11. The molecule has 0 spiro atoms. The number of carboxylic acid groups (broad SMARTS) is 1. The zero-order valence-corrected chi connectivity index (χ0v) is 32.5. The molecule has 2 saturated heterocycles.